The van der Waals surface area contributed by atoms with Crippen molar-refractivity contribution < 1.29 is 17.9 Å². The minimum absolute atomic E-state index is 0.0410. The van der Waals surface area contributed by atoms with Crippen LogP contribution >= 0.6 is 0 Å². The summed E-state index contributed by atoms with van der Waals surface area (Å²) >= 11 is 0. The number of ether oxygens (including phenoxy) is 1. The number of carbonyl (C=O) groups excluding carboxylic acids is 1. The quantitative estimate of drug-likeness (QED) is 0.508. The number of unbranched alkanes of at least 4 members (excludes halogenated alkanes) is 1. The number of benzene rings is 1. The smallest absolute Gasteiger partial charge is 0.226 e. The van der Waals surface area contributed by atoms with Crippen molar-refractivity contribution >= 4 is 15.9 Å². The molecule has 1 saturated heterocycles. The average Bonchev–Trinajstić information content (AvgIpc) is 2.89. The van der Waals surface area contributed by atoms with E-state index in [-0.39, 0.29) is 23.5 Å². The zero-order valence-corrected chi connectivity index (χ0v) is 16.2. The van der Waals surface area contributed by atoms with E-state index < -0.39 is 10.0 Å². The fraction of sp³-hybridized carbons (Fsp3) is 0.474. The van der Waals surface area contributed by atoms with E-state index in [0.717, 1.165) is 0 Å². The third-order valence-electron chi connectivity index (χ3n) is 4.55. The van der Waals surface area contributed by atoms with Gasteiger partial charge in [-0.3, -0.25) is 4.79 Å². The Kier molecular flexibility index (Phi) is 7.39. The van der Waals surface area contributed by atoms with Crippen molar-refractivity contribution in [3.8, 4) is 11.8 Å². The summed E-state index contributed by atoms with van der Waals surface area (Å²) < 4.78 is 27.6. The summed E-state index contributed by atoms with van der Waals surface area (Å²) in [5.41, 5.74) is 0.533. The molecule has 0 saturated carbocycles. The molecule has 27 heavy (non-hydrogen) atoms. The van der Waals surface area contributed by atoms with Gasteiger partial charge in [-0.15, -0.1) is 0 Å². The maximum Gasteiger partial charge on any atom is 0.226 e. The highest BCUT2D eigenvalue weighted by molar-refractivity contribution is 7.89. The second-order valence-electron chi connectivity index (χ2n) is 6.75. The molecule has 0 bridgehead atoms. The molecule has 7 nitrogen and oxygen atoms in total. The zero-order valence-electron chi connectivity index (χ0n) is 15.4. The molecule has 0 unspecified atom stereocenters. The van der Waals surface area contributed by atoms with Crippen LogP contribution in [0.15, 0.2) is 36.4 Å². The Hall–Kier alpha value is -2.37. The van der Waals surface area contributed by atoms with Gasteiger partial charge in [0.05, 0.1) is 24.0 Å². The normalized spacial score (nSPS) is 20.2. The second kappa shape index (κ2) is 9.53. The Morgan fingerprint density at radius 2 is 2.19 bits per heavy atom. The lowest BCUT2D eigenvalue weighted by Gasteiger charge is -2.16. The maximum absolute atomic E-state index is 12.4. The van der Waals surface area contributed by atoms with Crippen LogP contribution in [0.25, 0.3) is 0 Å². The molecule has 0 radical (unpaired) electrons. The van der Waals surface area contributed by atoms with E-state index in [0.29, 0.717) is 43.7 Å². The lowest BCUT2D eigenvalue weighted by molar-refractivity contribution is -0.130. The Morgan fingerprint density at radius 1 is 1.41 bits per heavy atom. The van der Waals surface area contributed by atoms with Crippen molar-refractivity contribution in [2.24, 2.45) is 17.0 Å². The van der Waals surface area contributed by atoms with E-state index in [1.165, 1.54) is 0 Å². The largest absolute Gasteiger partial charge is 0.493 e. The molecule has 1 amide bonds. The van der Waals surface area contributed by atoms with Crippen LogP contribution < -0.4 is 9.88 Å². The molecule has 1 aromatic carbocycles. The molecule has 0 spiro atoms. The van der Waals surface area contributed by atoms with Gasteiger partial charge in [0.2, 0.25) is 15.9 Å². The molecule has 2 atom stereocenters. The summed E-state index contributed by atoms with van der Waals surface area (Å²) in [7, 11) is -1.64. The van der Waals surface area contributed by atoms with Crippen molar-refractivity contribution in [2.45, 2.75) is 19.3 Å². The van der Waals surface area contributed by atoms with Crippen LogP contribution in [-0.4, -0.2) is 45.2 Å². The van der Waals surface area contributed by atoms with Crippen molar-refractivity contribution in [1.82, 2.24) is 4.90 Å². The first-order valence-electron chi connectivity index (χ1n) is 8.83. The fourth-order valence-corrected chi connectivity index (χ4v) is 3.71. The molecule has 1 aliphatic rings. The summed E-state index contributed by atoms with van der Waals surface area (Å²) in [5, 5.41) is 13.9. The van der Waals surface area contributed by atoms with Crippen LogP contribution in [0, 0.1) is 23.2 Å². The third kappa shape index (κ3) is 6.70. The van der Waals surface area contributed by atoms with Crippen LogP contribution in [0.3, 0.4) is 0 Å². The van der Waals surface area contributed by atoms with E-state index in [1.807, 2.05) is 12.2 Å². The van der Waals surface area contributed by atoms with Crippen LogP contribution in [0.1, 0.15) is 24.8 Å². The van der Waals surface area contributed by atoms with Crippen molar-refractivity contribution in [1.29, 1.82) is 5.26 Å². The SMILES string of the molecule is CN1C[C@H](COc2cccc(C#N)c2)[C@@H](C/C=C\CCCS(N)(=O)=O)C1=O. The standard InChI is InChI=1S/C19H25N3O4S/c1-22-13-16(14-26-17-8-6-7-15(11-17)12-20)18(19(22)23)9-4-2-3-5-10-27(21,24)25/h2,4,6-8,11,16,18H,3,5,9-10,13-14H2,1H3,(H2,21,24,25)/b4-2-/t16-,18-/m1/s1. The first kappa shape index (κ1) is 20.9. The third-order valence-corrected chi connectivity index (χ3v) is 5.41. The molecule has 2 N–H and O–H groups in total. The molecule has 0 aromatic heterocycles. The first-order valence-corrected chi connectivity index (χ1v) is 10.5. The van der Waals surface area contributed by atoms with Crippen molar-refractivity contribution in [2.75, 3.05) is 26.0 Å². The molecule has 1 fully saturated rings. The molecule has 2 rings (SSSR count). The minimum Gasteiger partial charge on any atom is -0.493 e. The van der Waals surface area contributed by atoms with E-state index in [2.05, 4.69) is 6.07 Å². The van der Waals surface area contributed by atoms with Gasteiger partial charge in [0.25, 0.3) is 0 Å². The van der Waals surface area contributed by atoms with Crippen molar-refractivity contribution in [3.63, 3.8) is 0 Å². The molecule has 1 aliphatic heterocycles. The van der Waals surface area contributed by atoms with Gasteiger partial charge < -0.3 is 9.64 Å². The number of rotatable bonds is 9. The fourth-order valence-electron chi connectivity index (χ4n) is 3.14. The van der Waals surface area contributed by atoms with E-state index >= 15 is 0 Å². The maximum atomic E-state index is 12.4. The molecule has 8 heteroatoms. The van der Waals surface area contributed by atoms with Crippen LogP contribution in [-0.2, 0) is 14.8 Å². The van der Waals surface area contributed by atoms with E-state index in [4.69, 9.17) is 15.1 Å². The summed E-state index contributed by atoms with van der Waals surface area (Å²) in [6.07, 6.45) is 5.48. The first-order chi connectivity index (χ1) is 12.8. The number of sulfonamides is 1. The predicted octanol–water partition coefficient (Wildman–Crippen LogP) is 1.66. The van der Waals surface area contributed by atoms with E-state index in [9.17, 15) is 13.2 Å². The van der Waals surface area contributed by atoms with Crippen LogP contribution in [0.2, 0.25) is 0 Å². The number of carbonyl (C=O) groups is 1. The Morgan fingerprint density at radius 3 is 2.89 bits per heavy atom. The highest BCUT2D eigenvalue weighted by atomic mass is 32.2. The number of hydrogen-bond donors (Lipinski definition) is 1. The number of nitrogens with two attached hydrogens (primary N) is 1. The van der Waals surface area contributed by atoms with Gasteiger partial charge in [-0.05, 0) is 37.5 Å². The summed E-state index contributed by atoms with van der Waals surface area (Å²) in [5.74, 6) is 0.559. The number of nitrogens with zero attached hydrogens (tertiary/aromatic N) is 2. The zero-order chi connectivity index (χ0) is 19.9. The van der Waals surface area contributed by atoms with Gasteiger partial charge in [-0.2, -0.15) is 5.26 Å². The summed E-state index contributed by atoms with van der Waals surface area (Å²) in [6.45, 7) is 1.02. The minimum atomic E-state index is -3.42. The number of likely N-dealkylation sites (tertiary alicyclic amines) is 1. The summed E-state index contributed by atoms with van der Waals surface area (Å²) in [6, 6.07) is 9.03. The van der Waals surface area contributed by atoms with Gasteiger partial charge in [0.1, 0.15) is 5.75 Å². The molecular weight excluding hydrogens is 366 g/mol. The lowest BCUT2D eigenvalue weighted by Crippen LogP contribution is -2.22. The Labute approximate surface area is 160 Å². The highest BCUT2D eigenvalue weighted by Crippen LogP contribution is 2.28. The number of primary sulfonamides is 1. The highest BCUT2D eigenvalue weighted by Gasteiger charge is 2.37. The van der Waals surface area contributed by atoms with Gasteiger partial charge in [-0.25, -0.2) is 13.6 Å². The van der Waals surface area contributed by atoms with Crippen LogP contribution in [0.5, 0.6) is 5.75 Å². The van der Waals surface area contributed by atoms with Gasteiger partial charge in [-0.1, -0.05) is 18.2 Å². The van der Waals surface area contributed by atoms with Gasteiger partial charge >= 0.3 is 0 Å². The Balaban J connectivity index is 1.87. The monoisotopic (exact) mass is 391 g/mol. The molecule has 146 valence electrons. The van der Waals surface area contributed by atoms with Gasteiger partial charge in [0, 0.05) is 25.4 Å². The van der Waals surface area contributed by atoms with Gasteiger partial charge in [0.15, 0.2) is 0 Å². The number of amides is 1. The molecule has 1 aromatic rings. The Bertz CT molecular complexity index is 830. The van der Waals surface area contributed by atoms with E-state index in [1.54, 1.807) is 36.2 Å². The topological polar surface area (TPSA) is 113 Å². The molecule has 1 heterocycles. The number of allylic oxidation sites excluding steroid dienone is 2. The molecular formula is C19H25N3O4S. The molecule has 0 aliphatic carbocycles. The second-order valence-corrected chi connectivity index (χ2v) is 8.49. The predicted molar refractivity (Wildman–Crippen MR) is 102 cm³/mol. The van der Waals surface area contributed by atoms with Crippen molar-refractivity contribution in [3.05, 3.63) is 42.0 Å². The summed E-state index contributed by atoms with van der Waals surface area (Å²) in [4.78, 5) is 14.1. The average molecular weight is 391 g/mol. The number of nitriles is 1. The number of hydrogen-bond acceptors (Lipinski definition) is 5. The van der Waals surface area contributed by atoms with Crippen LogP contribution in [0.4, 0.5) is 0 Å². The lowest BCUT2D eigenvalue weighted by atomic mass is 9.92.